The van der Waals surface area contributed by atoms with Crippen molar-refractivity contribution in [2.45, 2.75) is 136 Å². The monoisotopic (exact) mass is 660 g/mol. The summed E-state index contributed by atoms with van der Waals surface area (Å²) in [5.74, 6) is 0.833. The van der Waals surface area contributed by atoms with Gasteiger partial charge in [0.25, 0.3) is 0 Å². The van der Waals surface area contributed by atoms with Crippen molar-refractivity contribution in [3.05, 3.63) is 129 Å². The Morgan fingerprint density at radius 2 is 0.800 bits per heavy atom. The molecule has 0 radical (unpaired) electrons. The summed E-state index contributed by atoms with van der Waals surface area (Å²) in [5, 5.41) is 0. The number of fused-ring (bicyclic) bond motifs is 2. The van der Waals surface area contributed by atoms with Gasteiger partial charge in [-0.15, -0.1) is 0 Å². The van der Waals surface area contributed by atoms with Crippen LogP contribution in [0.15, 0.2) is 84.9 Å². The van der Waals surface area contributed by atoms with E-state index in [1.165, 1.54) is 86.0 Å². The normalized spacial score (nSPS) is 19.8. The molecule has 260 valence electrons. The molecule has 0 aliphatic heterocycles. The molecule has 50 heavy (non-hydrogen) atoms. The average molecular weight is 661 g/mol. The van der Waals surface area contributed by atoms with Gasteiger partial charge in [0.05, 0.1) is 0 Å². The van der Waals surface area contributed by atoms with Gasteiger partial charge >= 0.3 is 0 Å². The van der Waals surface area contributed by atoms with Crippen molar-refractivity contribution in [2.24, 2.45) is 5.41 Å². The topological polar surface area (TPSA) is 0 Å². The van der Waals surface area contributed by atoms with Crippen LogP contribution in [0.1, 0.15) is 159 Å². The smallest absolute Gasteiger partial charge is 0.00928 e. The Labute approximate surface area is 304 Å². The third kappa shape index (κ3) is 5.95. The van der Waals surface area contributed by atoms with Crippen LogP contribution in [0.2, 0.25) is 0 Å². The number of rotatable bonds is 4. The van der Waals surface area contributed by atoms with Crippen molar-refractivity contribution in [2.75, 3.05) is 0 Å². The van der Waals surface area contributed by atoms with Crippen molar-refractivity contribution in [1.29, 1.82) is 0 Å². The summed E-state index contributed by atoms with van der Waals surface area (Å²) in [4.78, 5) is 0. The van der Waals surface area contributed by atoms with Crippen molar-refractivity contribution in [3.63, 3.8) is 0 Å². The lowest BCUT2D eigenvalue weighted by atomic mass is 9.53. The lowest BCUT2D eigenvalue weighted by Gasteiger charge is -2.51. The highest BCUT2D eigenvalue weighted by Crippen LogP contribution is 2.64. The van der Waals surface area contributed by atoms with E-state index >= 15 is 0 Å². The fraction of sp³-hybridized carbons (Fsp3) is 0.440. The van der Waals surface area contributed by atoms with Crippen LogP contribution in [0.25, 0.3) is 34.4 Å². The van der Waals surface area contributed by atoms with Gasteiger partial charge in [0.2, 0.25) is 0 Å². The van der Waals surface area contributed by atoms with Crippen LogP contribution < -0.4 is 0 Å². The second-order valence-electron chi connectivity index (χ2n) is 20.0. The number of hydrogen-bond donors (Lipinski definition) is 0. The molecule has 0 saturated heterocycles. The first kappa shape index (κ1) is 34.8. The fourth-order valence-electron chi connectivity index (χ4n) is 8.88. The van der Waals surface area contributed by atoms with Gasteiger partial charge in [-0.25, -0.2) is 0 Å². The van der Waals surface area contributed by atoms with Crippen molar-refractivity contribution in [3.8, 4) is 22.3 Å². The van der Waals surface area contributed by atoms with Gasteiger partial charge in [-0.2, -0.15) is 0 Å². The van der Waals surface area contributed by atoms with Gasteiger partial charge in [0.1, 0.15) is 0 Å². The summed E-state index contributed by atoms with van der Waals surface area (Å²) in [7, 11) is 0. The minimum atomic E-state index is 0.0890. The molecule has 0 bridgehead atoms. The van der Waals surface area contributed by atoms with Gasteiger partial charge in [-0.05, 0) is 107 Å². The van der Waals surface area contributed by atoms with Gasteiger partial charge in [0, 0.05) is 11.8 Å². The first-order chi connectivity index (χ1) is 23.3. The maximum atomic E-state index is 2.57. The molecule has 0 spiro atoms. The summed E-state index contributed by atoms with van der Waals surface area (Å²) in [6.45, 7) is 28.1. The van der Waals surface area contributed by atoms with E-state index in [1.807, 2.05) is 0 Å². The summed E-state index contributed by atoms with van der Waals surface area (Å²) in [6, 6.07) is 29.0. The average Bonchev–Trinajstić information content (AvgIpc) is 3.64. The van der Waals surface area contributed by atoms with Crippen LogP contribution in [0.3, 0.4) is 0 Å². The summed E-state index contributed by atoms with van der Waals surface area (Å²) >= 11 is 0. The van der Waals surface area contributed by atoms with Crippen LogP contribution in [0, 0.1) is 5.41 Å². The third-order valence-electron chi connectivity index (χ3n) is 12.3. The molecule has 0 heteroatoms. The SMILES string of the molecule is CC(C)(C)c1cc(-c2cccc3c2C=CC3C2(C3C=Cc4c(-c5cc(C(C)(C)C)cc(C(C)(C)C)c5)cccc43)CCC2)cc(C(C)(C)C)c1. The Bertz CT molecular complexity index is 1800. The largest absolute Gasteiger partial charge is 0.0758 e. The molecule has 0 heterocycles. The standard InChI is InChI=1S/C50H60/c1-46(2,3)34-26-32(27-35(30-34)47(4,5)6)38-16-13-18-42-40(38)20-22-44(42)50(24-15-25-50)45-23-21-41-39(17-14-19-43(41)45)33-28-36(48(7,8)9)31-37(29-33)49(10,11)12/h13-14,16-23,26-31,44-45H,15,24-25H2,1-12H3. The quantitative estimate of drug-likeness (QED) is 0.204. The number of hydrogen-bond acceptors (Lipinski definition) is 0. The van der Waals surface area contributed by atoms with Gasteiger partial charge in [0.15, 0.2) is 0 Å². The van der Waals surface area contributed by atoms with Gasteiger partial charge < -0.3 is 0 Å². The first-order valence-electron chi connectivity index (χ1n) is 19.2. The van der Waals surface area contributed by atoms with E-state index in [4.69, 9.17) is 0 Å². The Kier molecular flexibility index (Phi) is 8.14. The van der Waals surface area contributed by atoms with E-state index in [9.17, 15) is 0 Å². The van der Waals surface area contributed by atoms with E-state index in [0.717, 1.165) is 0 Å². The van der Waals surface area contributed by atoms with E-state index in [2.05, 4.69) is 180 Å². The van der Waals surface area contributed by atoms with Crippen LogP contribution in [-0.2, 0) is 21.7 Å². The molecule has 1 fully saturated rings. The minimum Gasteiger partial charge on any atom is -0.0758 e. The molecule has 3 aliphatic carbocycles. The Morgan fingerprint density at radius 3 is 1.08 bits per heavy atom. The molecule has 0 amide bonds. The minimum absolute atomic E-state index is 0.0890. The van der Waals surface area contributed by atoms with Crippen LogP contribution in [0.4, 0.5) is 0 Å². The zero-order valence-electron chi connectivity index (χ0n) is 33.0. The van der Waals surface area contributed by atoms with Crippen LogP contribution >= 0.6 is 0 Å². The molecule has 0 nitrogen and oxygen atoms in total. The predicted molar refractivity (Wildman–Crippen MR) is 218 cm³/mol. The highest BCUT2D eigenvalue weighted by Gasteiger charge is 2.51. The Balaban J connectivity index is 1.30. The molecule has 3 aliphatic rings. The van der Waals surface area contributed by atoms with Gasteiger partial charge in [-0.1, -0.05) is 187 Å². The third-order valence-corrected chi connectivity index (χ3v) is 12.3. The molecule has 4 aromatic carbocycles. The van der Waals surface area contributed by atoms with Crippen molar-refractivity contribution in [1.82, 2.24) is 0 Å². The first-order valence-corrected chi connectivity index (χ1v) is 19.2. The number of allylic oxidation sites excluding steroid dienone is 2. The molecule has 2 unspecified atom stereocenters. The molecule has 1 saturated carbocycles. The second kappa shape index (κ2) is 11.7. The maximum Gasteiger partial charge on any atom is 0.00928 e. The summed E-state index contributed by atoms with van der Waals surface area (Å²) in [6.07, 6.45) is 13.9. The Morgan fingerprint density at radius 1 is 0.460 bits per heavy atom. The highest BCUT2D eigenvalue weighted by molar-refractivity contribution is 5.83. The van der Waals surface area contributed by atoms with E-state index < -0.39 is 0 Å². The second-order valence-corrected chi connectivity index (χ2v) is 20.0. The molecule has 7 rings (SSSR count). The molecule has 2 atom stereocenters. The molecule has 0 aromatic heterocycles. The van der Waals surface area contributed by atoms with E-state index in [0.29, 0.717) is 11.8 Å². The molecular formula is C50H60. The summed E-state index contributed by atoms with van der Waals surface area (Å²) in [5.41, 5.74) is 17.6. The van der Waals surface area contributed by atoms with Crippen LogP contribution in [0.5, 0.6) is 0 Å². The molecule has 0 N–H and O–H groups in total. The predicted octanol–water partition coefficient (Wildman–Crippen LogP) is 14.3. The fourth-order valence-corrected chi connectivity index (χ4v) is 8.88. The van der Waals surface area contributed by atoms with Crippen molar-refractivity contribution >= 4 is 12.2 Å². The van der Waals surface area contributed by atoms with Crippen molar-refractivity contribution < 1.29 is 0 Å². The molecular weight excluding hydrogens is 601 g/mol. The van der Waals surface area contributed by atoms with E-state index in [1.54, 1.807) is 0 Å². The maximum absolute atomic E-state index is 2.57. The van der Waals surface area contributed by atoms with Gasteiger partial charge in [-0.3, -0.25) is 0 Å². The lowest BCUT2D eigenvalue weighted by molar-refractivity contribution is 0.0937. The molecule has 4 aromatic rings. The Hall–Kier alpha value is -3.64. The van der Waals surface area contributed by atoms with Crippen LogP contribution in [-0.4, -0.2) is 0 Å². The lowest BCUT2D eigenvalue weighted by Crippen LogP contribution is -2.39. The van der Waals surface area contributed by atoms with E-state index in [-0.39, 0.29) is 27.1 Å². The zero-order chi connectivity index (χ0) is 36.0. The number of benzene rings is 4. The zero-order valence-corrected chi connectivity index (χ0v) is 33.0. The highest BCUT2D eigenvalue weighted by atomic mass is 14.5. The summed E-state index contributed by atoms with van der Waals surface area (Å²) < 4.78 is 0.